The number of nitrogens with zero attached hydrogens (tertiary/aromatic N) is 1. The Kier molecular flexibility index (Phi) is 2.52. The van der Waals surface area contributed by atoms with E-state index in [0.717, 1.165) is 12.1 Å². The number of halogens is 3. The predicted octanol–water partition coefficient (Wildman–Crippen LogP) is 2.75. The third kappa shape index (κ3) is 1.71. The van der Waals surface area contributed by atoms with Crippen molar-refractivity contribution in [3.8, 4) is 11.1 Å². The second kappa shape index (κ2) is 3.84. The van der Waals surface area contributed by atoms with Crippen molar-refractivity contribution >= 4 is 5.82 Å². The van der Waals surface area contributed by atoms with Gasteiger partial charge >= 0.3 is 0 Å². The molecule has 16 heavy (non-hydrogen) atoms. The van der Waals surface area contributed by atoms with Gasteiger partial charge in [-0.1, -0.05) is 12.1 Å². The molecule has 0 spiro atoms. The molecule has 0 saturated carbocycles. The molecule has 5 heteroatoms. The molecule has 2 aromatic rings. The van der Waals surface area contributed by atoms with Gasteiger partial charge in [-0.25, -0.2) is 18.2 Å². The van der Waals surface area contributed by atoms with Crippen molar-refractivity contribution in [2.45, 2.75) is 0 Å². The Balaban J connectivity index is 2.59. The molecule has 0 saturated heterocycles. The van der Waals surface area contributed by atoms with Gasteiger partial charge in [0.15, 0.2) is 23.3 Å². The maximum Gasteiger partial charge on any atom is 0.166 e. The molecule has 0 amide bonds. The van der Waals surface area contributed by atoms with E-state index in [1.165, 1.54) is 18.3 Å². The van der Waals surface area contributed by atoms with Crippen molar-refractivity contribution < 1.29 is 13.2 Å². The van der Waals surface area contributed by atoms with Crippen LogP contribution in [0.3, 0.4) is 0 Å². The van der Waals surface area contributed by atoms with Crippen molar-refractivity contribution in [1.29, 1.82) is 0 Å². The molecular weight excluding hydrogens is 217 g/mol. The summed E-state index contributed by atoms with van der Waals surface area (Å²) in [4.78, 5) is 3.54. The summed E-state index contributed by atoms with van der Waals surface area (Å²) in [6, 6.07) is 4.67. The lowest BCUT2D eigenvalue weighted by Gasteiger charge is -2.04. The third-order valence-electron chi connectivity index (χ3n) is 2.13. The molecular formula is C11H7F3N2. The monoisotopic (exact) mass is 224 g/mol. The van der Waals surface area contributed by atoms with Gasteiger partial charge in [-0.05, 0) is 12.1 Å². The summed E-state index contributed by atoms with van der Waals surface area (Å²) >= 11 is 0. The lowest BCUT2D eigenvalue weighted by molar-refractivity contribution is 0.511. The number of nitrogens with two attached hydrogens (primary N) is 1. The minimum atomic E-state index is -1.03. The lowest BCUT2D eigenvalue weighted by Crippen LogP contribution is -1.96. The average molecular weight is 224 g/mol. The average Bonchev–Trinajstić information content (AvgIpc) is 2.26. The highest BCUT2D eigenvalue weighted by atomic mass is 19.2. The number of aromatic nitrogens is 1. The van der Waals surface area contributed by atoms with Crippen LogP contribution in [0.2, 0.25) is 0 Å². The Hall–Kier alpha value is -2.04. The van der Waals surface area contributed by atoms with Gasteiger partial charge in [-0.2, -0.15) is 0 Å². The van der Waals surface area contributed by atoms with E-state index >= 15 is 0 Å². The molecule has 0 bridgehead atoms. The zero-order chi connectivity index (χ0) is 11.7. The van der Waals surface area contributed by atoms with Gasteiger partial charge < -0.3 is 5.73 Å². The Morgan fingerprint density at radius 3 is 2.50 bits per heavy atom. The van der Waals surface area contributed by atoms with E-state index in [-0.39, 0.29) is 16.9 Å². The van der Waals surface area contributed by atoms with E-state index in [0.29, 0.717) is 0 Å². The standard InChI is InChI=1S/C11H7F3N2/c12-8-3-1-2-7(10(8)14)6-4-9(13)11(15)16-5-6/h1-5H,(H2,15,16). The minimum absolute atomic E-state index is 0.0496. The minimum Gasteiger partial charge on any atom is -0.381 e. The van der Waals surface area contributed by atoms with Gasteiger partial charge in [0.2, 0.25) is 0 Å². The summed E-state index contributed by atoms with van der Waals surface area (Å²) in [7, 11) is 0. The Bertz CT molecular complexity index is 541. The molecule has 2 N–H and O–H groups in total. The molecule has 0 atom stereocenters. The molecule has 0 fully saturated rings. The van der Waals surface area contributed by atoms with E-state index in [9.17, 15) is 13.2 Å². The molecule has 0 aliphatic rings. The summed E-state index contributed by atoms with van der Waals surface area (Å²) in [6.45, 7) is 0. The summed E-state index contributed by atoms with van der Waals surface area (Å²) in [5.41, 5.74) is 5.27. The van der Waals surface area contributed by atoms with Gasteiger partial charge in [0.25, 0.3) is 0 Å². The highest BCUT2D eigenvalue weighted by molar-refractivity contribution is 5.64. The molecule has 0 unspecified atom stereocenters. The Morgan fingerprint density at radius 1 is 1.06 bits per heavy atom. The molecule has 82 valence electrons. The Morgan fingerprint density at radius 2 is 1.81 bits per heavy atom. The first kappa shape index (κ1) is 10.5. The second-order valence-electron chi connectivity index (χ2n) is 3.19. The second-order valence-corrected chi connectivity index (χ2v) is 3.19. The Labute approximate surface area is 89.5 Å². The van der Waals surface area contributed by atoms with Crippen LogP contribution in [0.1, 0.15) is 0 Å². The quantitative estimate of drug-likeness (QED) is 0.808. The van der Waals surface area contributed by atoms with E-state index in [1.807, 2.05) is 0 Å². The van der Waals surface area contributed by atoms with Crippen LogP contribution < -0.4 is 5.73 Å². The highest BCUT2D eigenvalue weighted by Crippen LogP contribution is 2.25. The first-order chi connectivity index (χ1) is 7.59. The maximum atomic E-state index is 13.4. The zero-order valence-corrected chi connectivity index (χ0v) is 8.05. The fraction of sp³-hybridized carbons (Fsp3) is 0. The zero-order valence-electron chi connectivity index (χ0n) is 8.05. The first-order valence-corrected chi connectivity index (χ1v) is 4.45. The summed E-state index contributed by atoms with van der Waals surface area (Å²) in [6.07, 6.45) is 1.19. The van der Waals surface area contributed by atoms with Crippen LogP contribution in [0.5, 0.6) is 0 Å². The van der Waals surface area contributed by atoms with Crippen LogP contribution in [0.25, 0.3) is 11.1 Å². The van der Waals surface area contributed by atoms with E-state index in [4.69, 9.17) is 5.73 Å². The van der Waals surface area contributed by atoms with Crippen molar-refractivity contribution in [3.05, 3.63) is 47.9 Å². The predicted molar refractivity (Wildman–Crippen MR) is 54.0 cm³/mol. The number of pyridine rings is 1. The number of hydrogen-bond acceptors (Lipinski definition) is 2. The SMILES string of the molecule is Nc1ncc(-c2cccc(F)c2F)cc1F. The topological polar surface area (TPSA) is 38.9 Å². The molecule has 1 aromatic heterocycles. The van der Waals surface area contributed by atoms with Gasteiger partial charge in [0, 0.05) is 17.3 Å². The smallest absolute Gasteiger partial charge is 0.166 e. The highest BCUT2D eigenvalue weighted by Gasteiger charge is 2.11. The summed E-state index contributed by atoms with van der Waals surface area (Å²) < 4.78 is 39.4. The van der Waals surface area contributed by atoms with E-state index in [1.54, 1.807) is 0 Å². The number of rotatable bonds is 1. The van der Waals surface area contributed by atoms with Crippen LogP contribution >= 0.6 is 0 Å². The third-order valence-corrected chi connectivity index (χ3v) is 2.13. The normalized spacial score (nSPS) is 10.4. The first-order valence-electron chi connectivity index (χ1n) is 4.45. The lowest BCUT2D eigenvalue weighted by atomic mass is 10.1. The van der Waals surface area contributed by atoms with Crippen molar-refractivity contribution in [3.63, 3.8) is 0 Å². The van der Waals surface area contributed by atoms with Crippen LogP contribution in [-0.4, -0.2) is 4.98 Å². The van der Waals surface area contributed by atoms with Crippen LogP contribution in [-0.2, 0) is 0 Å². The van der Waals surface area contributed by atoms with Crippen LogP contribution in [0, 0.1) is 17.5 Å². The molecule has 0 radical (unpaired) electrons. The number of anilines is 1. The van der Waals surface area contributed by atoms with E-state index in [2.05, 4.69) is 4.98 Å². The van der Waals surface area contributed by atoms with Gasteiger partial charge in [0.05, 0.1) is 0 Å². The summed E-state index contributed by atoms with van der Waals surface area (Å²) in [5.74, 6) is -3.06. The molecule has 2 nitrogen and oxygen atoms in total. The molecule has 1 aromatic carbocycles. The van der Waals surface area contributed by atoms with Crippen LogP contribution in [0.4, 0.5) is 19.0 Å². The number of nitrogen functional groups attached to an aromatic ring is 1. The molecule has 0 aliphatic heterocycles. The molecule has 1 heterocycles. The van der Waals surface area contributed by atoms with Crippen molar-refractivity contribution in [2.75, 3.05) is 5.73 Å². The van der Waals surface area contributed by atoms with Gasteiger partial charge in [-0.15, -0.1) is 0 Å². The number of hydrogen-bond donors (Lipinski definition) is 1. The summed E-state index contributed by atoms with van der Waals surface area (Å²) in [5, 5.41) is 0. The number of benzene rings is 1. The van der Waals surface area contributed by atoms with Gasteiger partial charge in [0.1, 0.15) is 0 Å². The van der Waals surface area contributed by atoms with Gasteiger partial charge in [-0.3, -0.25) is 0 Å². The van der Waals surface area contributed by atoms with Crippen molar-refractivity contribution in [2.24, 2.45) is 0 Å². The molecule has 2 rings (SSSR count). The fourth-order valence-electron chi connectivity index (χ4n) is 1.32. The van der Waals surface area contributed by atoms with Crippen LogP contribution in [0.15, 0.2) is 30.5 Å². The van der Waals surface area contributed by atoms with Crippen molar-refractivity contribution in [1.82, 2.24) is 4.98 Å². The largest absolute Gasteiger partial charge is 0.381 e. The molecule has 0 aliphatic carbocycles. The maximum absolute atomic E-state index is 13.4. The van der Waals surface area contributed by atoms with E-state index < -0.39 is 17.5 Å². The fourth-order valence-corrected chi connectivity index (χ4v) is 1.32.